The largest absolute Gasteiger partial charge is 0.496 e. The Balaban J connectivity index is 1.95. The van der Waals surface area contributed by atoms with Crippen molar-refractivity contribution in [2.45, 2.75) is 39.7 Å². The maximum absolute atomic E-state index is 12.9. The summed E-state index contributed by atoms with van der Waals surface area (Å²) >= 11 is 0. The first kappa shape index (κ1) is 15.9. The zero-order valence-corrected chi connectivity index (χ0v) is 14.5. The molecule has 0 aromatic heterocycles. The molecule has 0 unspecified atom stereocenters. The number of rotatable bonds is 4. The molecule has 1 fully saturated rings. The average Bonchev–Trinajstić information content (AvgIpc) is 3.10. The van der Waals surface area contributed by atoms with Gasteiger partial charge < -0.3 is 14.8 Å². The van der Waals surface area contributed by atoms with E-state index >= 15 is 0 Å². The molecule has 4 heteroatoms. The molecule has 0 radical (unpaired) electrons. The topological polar surface area (TPSA) is 47.6 Å². The highest BCUT2D eigenvalue weighted by Crippen LogP contribution is 2.40. The quantitative estimate of drug-likeness (QED) is 0.867. The third-order valence-electron chi connectivity index (χ3n) is 5.34. The van der Waals surface area contributed by atoms with Crippen LogP contribution in [-0.2, 0) is 0 Å². The zero-order valence-electron chi connectivity index (χ0n) is 14.5. The van der Waals surface area contributed by atoms with Gasteiger partial charge in [-0.25, -0.2) is 0 Å². The van der Waals surface area contributed by atoms with E-state index in [1.165, 1.54) is 6.42 Å². The first-order valence-electron chi connectivity index (χ1n) is 8.18. The van der Waals surface area contributed by atoms with Gasteiger partial charge in [0.15, 0.2) is 0 Å². The standard InChI is InChI=1S/C19H25NO3/c1-10-16(11(2)18(23-5)12(3)17(10)22-4)19(21)20-15-9-13-6-7-14(15)8-13/h6-7,13-15H,8-9H2,1-5H3,(H,20,21)/t13-,14+,15-/m0/s1. The number of carbonyl (C=O) groups excluding carboxylic acids is 1. The van der Waals surface area contributed by atoms with Gasteiger partial charge in [0.25, 0.3) is 5.91 Å². The van der Waals surface area contributed by atoms with Gasteiger partial charge in [-0.15, -0.1) is 0 Å². The number of methoxy groups -OCH3 is 2. The monoisotopic (exact) mass is 315 g/mol. The molecular formula is C19H25NO3. The van der Waals surface area contributed by atoms with Crippen molar-refractivity contribution >= 4 is 5.91 Å². The second kappa shape index (κ2) is 5.91. The smallest absolute Gasteiger partial charge is 0.252 e. The number of benzene rings is 1. The fourth-order valence-electron chi connectivity index (χ4n) is 4.31. The minimum absolute atomic E-state index is 0.0254. The Hall–Kier alpha value is -1.97. The molecule has 1 aromatic rings. The van der Waals surface area contributed by atoms with Gasteiger partial charge in [-0.3, -0.25) is 4.79 Å². The van der Waals surface area contributed by atoms with Gasteiger partial charge in [-0.05, 0) is 45.4 Å². The normalized spacial score (nSPS) is 24.8. The molecule has 1 N–H and O–H groups in total. The molecule has 0 spiro atoms. The molecule has 124 valence electrons. The third kappa shape index (κ3) is 2.50. The number of allylic oxidation sites excluding steroid dienone is 1. The molecular weight excluding hydrogens is 290 g/mol. The Morgan fingerprint density at radius 3 is 2.04 bits per heavy atom. The summed E-state index contributed by atoms with van der Waals surface area (Å²) in [4.78, 5) is 12.9. The number of hydrogen-bond donors (Lipinski definition) is 1. The lowest BCUT2D eigenvalue weighted by Crippen LogP contribution is -2.38. The molecule has 2 aliphatic rings. The van der Waals surface area contributed by atoms with Crippen molar-refractivity contribution in [1.82, 2.24) is 5.32 Å². The highest BCUT2D eigenvalue weighted by molar-refractivity contribution is 5.99. The van der Waals surface area contributed by atoms with Gasteiger partial charge in [0.1, 0.15) is 11.5 Å². The highest BCUT2D eigenvalue weighted by atomic mass is 16.5. The first-order valence-corrected chi connectivity index (χ1v) is 8.18. The number of hydrogen-bond acceptors (Lipinski definition) is 3. The molecule has 0 aliphatic heterocycles. The van der Waals surface area contributed by atoms with E-state index in [2.05, 4.69) is 17.5 Å². The molecule has 1 amide bonds. The van der Waals surface area contributed by atoms with Gasteiger partial charge >= 0.3 is 0 Å². The van der Waals surface area contributed by atoms with Crippen LogP contribution in [0, 0.1) is 32.6 Å². The number of fused-ring (bicyclic) bond motifs is 2. The molecule has 3 atom stereocenters. The third-order valence-corrected chi connectivity index (χ3v) is 5.34. The van der Waals surface area contributed by atoms with E-state index in [0.717, 1.165) is 34.6 Å². The summed E-state index contributed by atoms with van der Waals surface area (Å²) in [5.74, 6) is 2.55. The van der Waals surface area contributed by atoms with Crippen LogP contribution in [0.5, 0.6) is 11.5 Å². The predicted octanol–water partition coefficient (Wildman–Crippen LogP) is 3.32. The Bertz CT molecular complexity index is 647. The van der Waals surface area contributed by atoms with Crippen molar-refractivity contribution < 1.29 is 14.3 Å². The second-order valence-electron chi connectivity index (χ2n) is 6.68. The summed E-state index contributed by atoms with van der Waals surface area (Å²) in [5, 5.41) is 3.23. The van der Waals surface area contributed by atoms with Crippen molar-refractivity contribution in [1.29, 1.82) is 0 Å². The lowest BCUT2D eigenvalue weighted by Gasteiger charge is -2.23. The average molecular weight is 315 g/mol. The highest BCUT2D eigenvalue weighted by Gasteiger charge is 2.37. The van der Waals surface area contributed by atoms with Crippen molar-refractivity contribution in [3.8, 4) is 11.5 Å². The number of nitrogens with one attached hydrogen (secondary N) is 1. The zero-order chi connectivity index (χ0) is 16.7. The van der Waals surface area contributed by atoms with Gasteiger partial charge in [0.05, 0.1) is 19.8 Å². The molecule has 1 saturated carbocycles. The number of carbonyl (C=O) groups is 1. The minimum atomic E-state index is -0.0254. The maximum Gasteiger partial charge on any atom is 0.252 e. The number of amides is 1. The van der Waals surface area contributed by atoms with Crippen LogP contribution in [0.3, 0.4) is 0 Å². The molecule has 23 heavy (non-hydrogen) atoms. The van der Waals surface area contributed by atoms with Crippen LogP contribution in [0.1, 0.15) is 39.9 Å². The maximum atomic E-state index is 12.9. The fourth-order valence-corrected chi connectivity index (χ4v) is 4.31. The molecule has 0 heterocycles. The molecule has 1 aromatic carbocycles. The number of ether oxygens (including phenoxy) is 2. The van der Waals surface area contributed by atoms with Crippen LogP contribution in [-0.4, -0.2) is 26.2 Å². The summed E-state index contributed by atoms with van der Waals surface area (Å²) in [6.07, 6.45) is 6.74. The van der Waals surface area contributed by atoms with Crippen LogP contribution < -0.4 is 14.8 Å². The van der Waals surface area contributed by atoms with E-state index in [0.29, 0.717) is 17.4 Å². The van der Waals surface area contributed by atoms with Crippen LogP contribution >= 0.6 is 0 Å². The predicted molar refractivity (Wildman–Crippen MR) is 90.4 cm³/mol. The summed E-state index contributed by atoms with van der Waals surface area (Å²) in [6.45, 7) is 5.84. The van der Waals surface area contributed by atoms with E-state index in [1.54, 1.807) is 14.2 Å². The summed E-state index contributed by atoms with van der Waals surface area (Å²) in [7, 11) is 3.26. The van der Waals surface area contributed by atoms with E-state index in [1.807, 2.05) is 20.8 Å². The fraction of sp³-hybridized carbons (Fsp3) is 0.526. The van der Waals surface area contributed by atoms with Gasteiger partial charge in [0.2, 0.25) is 0 Å². The van der Waals surface area contributed by atoms with Crippen molar-refractivity contribution in [2.24, 2.45) is 11.8 Å². The van der Waals surface area contributed by atoms with Gasteiger partial charge in [-0.2, -0.15) is 0 Å². The Labute approximate surface area is 137 Å². The molecule has 3 rings (SSSR count). The van der Waals surface area contributed by atoms with Crippen LogP contribution in [0.4, 0.5) is 0 Å². The first-order chi connectivity index (χ1) is 11.0. The summed E-state index contributed by atoms with van der Waals surface area (Å²) in [5.41, 5.74) is 3.36. The second-order valence-corrected chi connectivity index (χ2v) is 6.68. The summed E-state index contributed by atoms with van der Waals surface area (Å²) in [6, 6.07) is 0.245. The van der Waals surface area contributed by atoms with Gasteiger partial charge in [-0.1, -0.05) is 12.2 Å². The minimum Gasteiger partial charge on any atom is -0.496 e. The Morgan fingerprint density at radius 1 is 1.00 bits per heavy atom. The van der Waals surface area contributed by atoms with Crippen molar-refractivity contribution in [3.05, 3.63) is 34.4 Å². The van der Waals surface area contributed by atoms with E-state index in [-0.39, 0.29) is 11.9 Å². The Morgan fingerprint density at radius 2 is 1.61 bits per heavy atom. The van der Waals surface area contributed by atoms with Crippen molar-refractivity contribution in [3.63, 3.8) is 0 Å². The van der Waals surface area contributed by atoms with Gasteiger partial charge in [0, 0.05) is 22.7 Å². The SMILES string of the molecule is COc1c(C)c(OC)c(C)c(C(=O)N[C@H]2C[C@H]3C=C[C@@H]2C3)c1C. The summed E-state index contributed by atoms with van der Waals surface area (Å²) < 4.78 is 11.0. The van der Waals surface area contributed by atoms with Crippen LogP contribution in [0.25, 0.3) is 0 Å². The lowest BCUT2D eigenvalue weighted by atomic mass is 9.95. The van der Waals surface area contributed by atoms with Crippen LogP contribution in [0.2, 0.25) is 0 Å². The van der Waals surface area contributed by atoms with E-state index in [4.69, 9.17) is 9.47 Å². The molecule has 2 aliphatic carbocycles. The van der Waals surface area contributed by atoms with E-state index < -0.39 is 0 Å². The molecule has 4 nitrogen and oxygen atoms in total. The van der Waals surface area contributed by atoms with Crippen molar-refractivity contribution in [2.75, 3.05) is 14.2 Å². The lowest BCUT2D eigenvalue weighted by molar-refractivity contribution is 0.0929. The Kier molecular flexibility index (Phi) is 4.09. The molecule has 0 saturated heterocycles. The van der Waals surface area contributed by atoms with Crippen LogP contribution in [0.15, 0.2) is 12.2 Å². The molecule has 2 bridgehead atoms. The van der Waals surface area contributed by atoms with E-state index in [9.17, 15) is 4.79 Å².